The van der Waals surface area contributed by atoms with Gasteiger partial charge in [-0.2, -0.15) is 0 Å². The van der Waals surface area contributed by atoms with E-state index in [1.807, 2.05) is 36.4 Å². The molecule has 0 saturated heterocycles. The molecule has 2 aromatic rings. The van der Waals surface area contributed by atoms with Crippen molar-refractivity contribution in [3.8, 4) is 5.75 Å². The summed E-state index contributed by atoms with van der Waals surface area (Å²) in [6, 6.07) is 11.2. The Kier molecular flexibility index (Phi) is 5.28. The molecule has 3 rings (SSSR count). The molecule has 1 aliphatic rings. The number of carbonyl (C=O) groups excluding carboxylic acids is 2. The molecule has 25 heavy (non-hydrogen) atoms. The topological polar surface area (TPSA) is 71.5 Å². The van der Waals surface area contributed by atoms with Crippen molar-refractivity contribution >= 4 is 17.5 Å². The summed E-state index contributed by atoms with van der Waals surface area (Å²) in [5.74, 6) is 0.474. The van der Waals surface area contributed by atoms with Gasteiger partial charge in [0.25, 0.3) is 5.91 Å². The van der Waals surface area contributed by atoms with Crippen LogP contribution in [0, 0.1) is 0 Å². The SMILES string of the molecule is C[C@@H]1Oc2ccccc2N(CCC(=O)NCCc2cccnc2)C1=O. The van der Waals surface area contributed by atoms with Gasteiger partial charge in [0.1, 0.15) is 5.75 Å². The van der Waals surface area contributed by atoms with Gasteiger partial charge in [-0.1, -0.05) is 18.2 Å². The Hall–Kier alpha value is -2.89. The number of ether oxygens (including phenoxy) is 1. The molecule has 1 atom stereocenters. The van der Waals surface area contributed by atoms with E-state index in [2.05, 4.69) is 10.3 Å². The Morgan fingerprint density at radius 2 is 2.12 bits per heavy atom. The fraction of sp³-hybridized carbons (Fsp3) is 0.316. The van der Waals surface area contributed by atoms with Crippen LogP contribution in [0.25, 0.3) is 0 Å². The second-order valence-corrected chi connectivity index (χ2v) is 5.93. The number of nitrogens with zero attached hydrogens (tertiary/aromatic N) is 2. The predicted molar refractivity (Wildman–Crippen MR) is 94.5 cm³/mol. The Bertz CT molecular complexity index is 749. The highest BCUT2D eigenvalue weighted by molar-refractivity contribution is 6.00. The number of nitrogens with one attached hydrogen (secondary N) is 1. The molecule has 0 spiro atoms. The summed E-state index contributed by atoms with van der Waals surface area (Å²) in [7, 11) is 0. The quantitative estimate of drug-likeness (QED) is 0.873. The van der Waals surface area contributed by atoms with Crippen molar-refractivity contribution in [3.05, 3.63) is 54.4 Å². The first-order valence-corrected chi connectivity index (χ1v) is 8.38. The number of fused-ring (bicyclic) bond motifs is 1. The van der Waals surface area contributed by atoms with Crippen molar-refractivity contribution in [1.29, 1.82) is 0 Å². The van der Waals surface area contributed by atoms with Crippen LogP contribution in [-0.2, 0) is 16.0 Å². The van der Waals surface area contributed by atoms with Gasteiger partial charge in [-0.3, -0.25) is 14.6 Å². The summed E-state index contributed by atoms with van der Waals surface area (Å²) in [6.07, 6.45) is 3.95. The van der Waals surface area contributed by atoms with Gasteiger partial charge in [-0.15, -0.1) is 0 Å². The zero-order valence-corrected chi connectivity index (χ0v) is 14.1. The number of amides is 2. The minimum absolute atomic E-state index is 0.0756. The Morgan fingerprint density at radius 1 is 1.28 bits per heavy atom. The summed E-state index contributed by atoms with van der Waals surface area (Å²) in [6.45, 7) is 2.61. The molecule has 0 radical (unpaired) electrons. The van der Waals surface area contributed by atoms with Crippen molar-refractivity contribution < 1.29 is 14.3 Å². The van der Waals surface area contributed by atoms with E-state index in [-0.39, 0.29) is 18.2 Å². The zero-order valence-electron chi connectivity index (χ0n) is 14.1. The summed E-state index contributed by atoms with van der Waals surface area (Å²) >= 11 is 0. The third kappa shape index (κ3) is 4.15. The van der Waals surface area contributed by atoms with E-state index in [1.54, 1.807) is 24.2 Å². The van der Waals surface area contributed by atoms with Crippen molar-refractivity contribution in [2.24, 2.45) is 0 Å². The lowest BCUT2D eigenvalue weighted by atomic mass is 10.1. The van der Waals surface area contributed by atoms with E-state index in [0.29, 0.717) is 24.5 Å². The Balaban J connectivity index is 1.52. The highest BCUT2D eigenvalue weighted by Gasteiger charge is 2.31. The third-order valence-electron chi connectivity index (χ3n) is 4.09. The van der Waals surface area contributed by atoms with Gasteiger partial charge in [-0.25, -0.2) is 0 Å². The Labute approximate surface area is 146 Å². The van der Waals surface area contributed by atoms with Crippen molar-refractivity contribution in [2.45, 2.75) is 25.9 Å². The highest BCUT2D eigenvalue weighted by atomic mass is 16.5. The van der Waals surface area contributed by atoms with Crippen molar-refractivity contribution in [2.75, 3.05) is 18.0 Å². The molecule has 6 nitrogen and oxygen atoms in total. The van der Waals surface area contributed by atoms with Crippen LogP contribution in [0.1, 0.15) is 18.9 Å². The molecule has 6 heteroatoms. The van der Waals surface area contributed by atoms with E-state index >= 15 is 0 Å². The normalized spacial score (nSPS) is 16.1. The van der Waals surface area contributed by atoms with Crippen LogP contribution in [0.15, 0.2) is 48.8 Å². The largest absolute Gasteiger partial charge is 0.479 e. The van der Waals surface area contributed by atoms with Crippen molar-refractivity contribution in [3.63, 3.8) is 0 Å². The standard InChI is InChI=1S/C19H21N3O3/c1-14-19(24)22(16-6-2-3-7-17(16)25-14)12-9-18(23)21-11-8-15-5-4-10-20-13-15/h2-7,10,13-14H,8-9,11-12H2,1H3,(H,21,23)/t14-/m0/s1. The molecule has 1 aromatic carbocycles. The third-order valence-corrected chi connectivity index (χ3v) is 4.09. The molecule has 130 valence electrons. The summed E-state index contributed by atoms with van der Waals surface area (Å²) in [5.41, 5.74) is 1.79. The Morgan fingerprint density at radius 3 is 2.92 bits per heavy atom. The maximum atomic E-state index is 12.4. The number of pyridine rings is 1. The molecule has 0 aliphatic carbocycles. The van der Waals surface area contributed by atoms with Crippen molar-refractivity contribution in [1.82, 2.24) is 10.3 Å². The number of benzene rings is 1. The first-order chi connectivity index (χ1) is 12.1. The molecule has 2 amide bonds. The zero-order chi connectivity index (χ0) is 17.6. The molecule has 2 heterocycles. The average molecular weight is 339 g/mol. The van der Waals surface area contributed by atoms with Gasteiger partial charge < -0.3 is 15.0 Å². The van der Waals surface area contributed by atoms with Gasteiger partial charge in [0.05, 0.1) is 5.69 Å². The van der Waals surface area contributed by atoms with Gasteiger partial charge in [0.15, 0.2) is 6.10 Å². The lowest BCUT2D eigenvalue weighted by Crippen LogP contribution is -2.45. The molecule has 0 unspecified atom stereocenters. The van der Waals surface area contributed by atoms with Crippen LogP contribution >= 0.6 is 0 Å². The maximum absolute atomic E-state index is 12.4. The predicted octanol–water partition coefficient (Wildman–Crippen LogP) is 1.94. The molecule has 1 aliphatic heterocycles. The summed E-state index contributed by atoms with van der Waals surface area (Å²) in [5, 5.41) is 2.88. The second-order valence-electron chi connectivity index (χ2n) is 5.93. The summed E-state index contributed by atoms with van der Waals surface area (Å²) in [4.78, 5) is 30.1. The smallest absolute Gasteiger partial charge is 0.267 e. The molecule has 0 fully saturated rings. The van der Waals surface area contributed by atoms with Gasteiger partial charge in [0, 0.05) is 31.9 Å². The molecule has 1 aromatic heterocycles. The number of carbonyl (C=O) groups is 2. The minimum atomic E-state index is -0.538. The second kappa shape index (κ2) is 7.79. The molecular weight excluding hydrogens is 318 g/mol. The van der Waals surface area contributed by atoms with Gasteiger partial charge >= 0.3 is 0 Å². The lowest BCUT2D eigenvalue weighted by Gasteiger charge is -2.32. The number of para-hydroxylation sites is 2. The van der Waals surface area contributed by atoms with E-state index in [4.69, 9.17) is 4.74 Å². The van der Waals surface area contributed by atoms with Crippen LogP contribution < -0.4 is 15.0 Å². The number of aromatic nitrogens is 1. The first-order valence-electron chi connectivity index (χ1n) is 8.38. The van der Waals surface area contributed by atoms with Gasteiger partial charge in [-0.05, 0) is 37.1 Å². The number of rotatable bonds is 6. The minimum Gasteiger partial charge on any atom is -0.479 e. The number of hydrogen-bond acceptors (Lipinski definition) is 4. The van der Waals surface area contributed by atoms with Gasteiger partial charge in [0.2, 0.25) is 5.91 Å². The number of anilines is 1. The van der Waals surface area contributed by atoms with E-state index in [9.17, 15) is 9.59 Å². The number of hydrogen-bond donors (Lipinski definition) is 1. The monoisotopic (exact) mass is 339 g/mol. The fourth-order valence-electron chi connectivity index (χ4n) is 2.78. The van der Waals surface area contributed by atoms with Crippen LogP contribution in [-0.4, -0.2) is 36.0 Å². The van der Waals surface area contributed by atoms with Crippen LogP contribution in [0.5, 0.6) is 5.75 Å². The molecule has 0 saturated carbocycles. The van der Waals surface area contributed by atoms with E-state index < -0.39 is 6.10 Å². The van der Waals surface area contributed by atoms with Crippen LogP contribution in [0.2, 0.25) is 0 Å². The average Bonchev–Trinajstić information content (AvgIpc) is 2.63. The van der Waals surface area contributed by atoms with Crippen LogP contribution in [0.3, 0.4) is 0 Å². The highest BCUT2D eigenvalue weighted by Crippen LogP contribution is 2.33. The van der Waals surface area contributed by atoms with E-state index in [1.165, 1.54) is 0 Å². The molecule has 0 bridgehead atoms. The lowest BCUT2D eigenvalue weighted by molar-refractivity contribution is -0.125. The first kappa shape index (κ1) is 17.0. The molecule has 1 N–H and O–H groups in total. The summed E-state index contributed by atoms with van der Waals surface area (Å²) < 4.78 is 5.60. The van der Waals surface area contributed by atoms with E-state index in [0.717, 1.165) is 12.0 Å². The molecular formula is C19H21N3O3. The maximum Gasteiger partial charge on any atom is 0.267 e. The van der Waals surface area contributed by atoms with Crippen LogP contribution in [0.4, 0.5) is 5.69 Å². The fourth-order valence-corrected chi connectivity index (χ4v) is 2.78.